The average Bonchev–Trinajstić information content (AvgIpc) is 3.09. The minimum Gasteiger partial charge on any atom is -0.335 e. The van der Waals surface area contributed by atoms with Gasteiger partial charge in [-0.2, -0.15) is 0 Å². The highest BCUT2D eigenvalue weighted by molar-refractivity contribution is 5.85. The maximum Gasteiger partial charge on any atom is 0.226 e. The molecule has 6 heteroatoms. The summed E-state index contributed by atoms with van der Waals surface area (Å²) in [7, 11) is 0. The van der Waals surface area contributed by atoms with Gasteiger partial charge in [-0.25, -0.2) is 8.78 Å². The molecule has 2 atom stereocenters. The first-order valence-electron chi connectivity index (χ1n) is 9.04. The van der Waals surface area contributed by atoms with Gasteiger partial charge < -0.3 is 10.6 Å². The number of benzene rings is 1. The van der Waals surface area contributed by atoms with Gasteiger partial charge in [-0.05, 0) is 50.3 Å². The molecule has 140 valence electrons. The Balaban J connectivity index is 0.00000225. The molecule has 1 amide bonds. The Kier molecular flexibility index (Phi) is 7.20. The largest absolute Gasteiger partial charge is 0.335 e. The fraction of sp³-hybridized carbons (Fsp3) is 0.632. The van der Waals surface area contributed by atoms with Gasteiger partial charge in [0.15, 0.2) is 0 Å². The molecule has 2 aliphatic rings. The summed E-state index contributed by atoms with van der Waals surface area (Å²) < 4.78 is 27.6. The minimum absolute atomic E-state index is 0. The second-order valence-corrected chi connectivity index (χ2v) is 7.26. The minimum atomic E-state index is -0.468. The van der Waals surface area contributed by atoms with E-state index in [1.165, 1.54) is 6.07 Å². The van der Waals surface area contributed by atoms with Crippen LogP contribution in [0.1, 0.15) is 56.9 Å². The van der Waals surface area contributed by atoms with E-state index in [0.717, 1.165) is 57.1 Å². The van der Waals surface area contributed by atoms with E-state index >= 15 is 0 Å². The predicted molar refractivity (Wildman–Crippen MR) is 96.3 cm³/mol. The molecule has 1 aromatic rings. The summed E-state index contributed by atoms with van der Waals surface area (Å²) in [4.78, 5) is 14.9. The molecule has 0 aromatic heterocycles. The Bertz CT molecular complexity index is 593. The summed E-state index contributed by atoms with van der Waals surface area (Å²) in [6.07, 6.45) is 7.54. The van der Waals surface area contributed by atoms with E-state index in [1.54, 1.807) is 4.90 Å². The number of rotatable bonds is 4. The molecule has 0 bridgehead atoms. The van der Waals surface area contributed by atoms with Crippen molar-refractivity contribution in [1.29, 1.82) is 0 Å². The van der Waals surface area contributed by atoms with Gasteiger partial charge in [0, 0.05) is 30.1 Å². The number of carbonyl (C=O) groups excluding carboxylic acids is 1. The number of halogens is 3. The van der Waals surface area contributed by atoms with E-state index in [-0.39, 0.29) is 48.4 Å². The summed E-state index contributed by atoms with van der Waals surface area (Å²) in [5.41, 5.74) is 6.29. The number of nitrogens with zero attached hydrogens (tertiary/aromatic N) is 1. The highest BCUT2D eigenvalue weighted by atomic mass is 35.5. The van der Waals surface area contributed by atoms with Crippen molar-refractivity contribution < 1.29 is 13.6 Å². The summed E-state index contributed by atoms with van der Waals surface area (Å²) in [5.74, 6) is -0.927. The quantitative estimate of drug-likeness (QED) is 0.861. The smallest absolute Gasteiger partial charge is 0.226 e. The maximum atomic E-state index is 14.1. The Labute approximate surface area is 154 Å². The average molecular weight is 373 g/mol. The fourth-order valence-electron chi connectivity index (χ4n) is 4.14. The van der Waals surface area contributed by atoms with Crippen LogP contribution < -0.4 is 5.73 Å². The number of hydrogen-bond acceptors (Lipinski definition) is 2. The first-order chi connectivity index (χ1) is 11.5. The van der Waals surface area contributed by atoms with Gasteiger partial charge in [-0.3, -0.25) is 4.79 Å². The monoisotopic (exact) mass is 372 g/mol. The first kappa shape index (κ1) is 20.1. The van der Waals surface area contributed by atoms with E-state index < -0.39 is 11.6 Å². The molecule has 25 heavy (non-hydrogen) atoms. The number of carbonyl (C=O) groups is 1. The van der Waals surface area contributed by atoms with Gasteiger partial charge in [0.2, 0.25) is 5.91 Å². The van der Waals surface area contributed by atoms with Crippen LogP contribution in [0.5, 0.6) is 0 Å². The highest BCUT2D eigenvalue weighted by Crippen LogP contribution is 2.31. The van der Waals surface area contributed by atoms with E-state index in [2.05, 4.69) is 0 Å². The summed E-state index contributed by atoms with van der Waals surface area (Å²) >= 11 is 0. The van der Waals surface area contributed by atoms with Crippen molar-refractivity contribution in [3.8, 4) is 0 Å². The van der Waals surface area contributed by atoms with Crippen LogP contribution in [0.3, 0.4) is 0 Å². The SMILES string of the molecule is Cl.NC1CCCC(C(=O)N(Cc2cc(F)ccc2F)C2CCCC2)C1. The van der Waals surface area contributed by atoms with E-state index in [9.17, 15) is 13.6 Å². The summed E-state index contributed by atoms with van der Waals surface area (Å²) in [5, 5.41) is 0. The van der Waals surface area contributed by atoms with Crippen molar-refractivity contribution in [1.82, 2.24) is 4.90 Å². The van der Waals surface area contributed by atoms with Crippen LogP contribution in [-0.4, -0.2) is 22.9 Å². The van der Waals surface area contributed by atoms with Crippen molar-refractivity contribution in [2.45, 2.75) is 70.0 Å². The van der Waals surface area contributed by atoms with Crippen molar-refractivity contribution in [3.63, 3.8) is 0 Å². The van der Waals surface area contributed by atoms with Crippen LogP contribution >= 0.6 is 12.4 Å². The Hall–Kier alpha value is -1.20. The Morgan fingerprint density at radius 1 is 1.12 bits per heavy atom. The zero-order chi connectivity index (χ0) is 17.1. The molecular weight excluding hydrogens is 346 g/mol. The van der Waals surface area contributed by atoms with Gasteiger partial charge in [-0.15, -0.1) is 12.4 Å². The number of amides is 1. The fourth-order valence-corrected chi connectivity index (χ4v) is 4.14. The molecule has 0 aliphatic heterocycles. The molecule has 1 aromatic carbocycles. The third kappa shape index (κ3) is 4.91. The molecule has 3 rings (SSSR count). The Morgan fingerprint density at radius 3 is 2.52 bits per heavy atom. The van der Waals surface area contributed by atoms with Crippen molar-refractivity contribution in [2.24, 2.45) is 11.7 Å². The molecule has 0 spiro atoms. The zero-order valence-corrected chi connectivity index (χ0v) is 15.2. The van der Waals surface area contributed by atoms with Gasteiger partial charge in [0.25, 0.3) is 0 Å². The van der Waals surface area contributed by atoms with Gasteiger partial charge >= 0.3 is 0 Å². The molecule has 2 saturated carbocycles. The third-order valence-corrected chi connectivity index (χ3v) is 5.46. The van der Waals surface area contributed by atoms with Gasteiger partial charge in [0.05, 0.1) is 0 Å². The zero-order valence-electron chi connectivity index (χ0n) is 14.4. The highest BCUT2D eigenvalue weighted by Gasteiger charge is 2.34. The summed E-state index contributed by atoms with van der Waals surface area (Å²) in [6.45, 7) is 0.152. The molecule has 0 heterocycles. The van der Waals surface area contributed by atoms with Gasteiger partial charge in [-0.1, -0.05) is 19.3 Å². The van der Waals surface area contributed by atoms with Crippen LogP contribution in [0.25, 0.3) is 0 Å². The molecule has 2 fully saturated rings. The van der Waals surface area contributed by atoms with Crippen molar-refractivity contribution in [2.75, 3.05) is 0 Å². The van der Waals surface area contributed by atoms with E-state index in [1.807, 2.05) is 0 Å². The van der Waals surface area contributed by atoms with E-state index in [4.69, 9.17) is 5.73 Å². The molecule has 0 radical (unpaired) electrons. The third-order valence-electron chi connectivity index (χ3n) is 5.46. The van der Waals surface area contributed by atoms with Crippen LogP contribution in [0, 0.1) is 17.6 Å². The van der Waals surface area contributed by atoms with E-state index in [0.29, 0.717) is 6.42 Å². The molecule has 2 unspecified atom stereocenters. The maximum absolute atomic E-state index is 14.1. The summed E-state index contributed by atoms with van der Waals surface area (Å²) in [6, 6.07) is 3.67. The lowest BCUT2D eigenvalue weighted by Gasteiger charge is -2.35. The van der Waals surface area contributed by atoms with Crippen LogP contribution in [0.15, 0.2) is 18.2 Å². The molecule has 2 aliphatic carbocycles. The Morgan fingerprint density at radius 2 is 1.84 bits per heavy atom. The first-order valence-corrected chi connectivity index (χ1v) is 9.04. The molecule has 2 N–H and O–H groups in total. The van der Waals surface area contributed by atoms with Crippen molar-refractivity contribution in [3.05, 3.63) is 35.4 Å². The second-order valence-electron chi connectivity index (χ2n) is 7.26. The van der Waals surface area contributed by atoms with Gasteiger partial charge in [0.1, 0.15) is 11.6 Å². The molecular formula is C19H27ClF2N2O. The standard InChI is InChI=1S/C19H26F2N2O.ClH/c20-15-8-9-18(21)14(10-15)12-23(17-6-1-2-7-17)19(24)13-4-3-5-16(22)11-13;/h8-10,13,16-17H,1-7,11-12,22H2;1H. The number of nitrogens with two attached hydrogens (primary N) is 1. The second kappa shape index (κ2) is 8.95. The lowest BCUT2D eigenvalue weighted by molar-refractivity contribution is -0.139. The normalized spacial score (nSPS) is 24.0. The lowest BCUT2D eigenvalue weighted by Crippen LogP contribution is -2.44. The van der Waals surface area contributed by atoms with Crippen LogP contribution in [0.2, 0.25) is 0 Å². The number of hydrogen-bond donors (Lipinski definition) is 1. The van der Waals surface area contributed by atoms with Crippen molar-refractivity contribution >= 4 is 18.3 Å². The molecule has 0 saturated heterocycles. The lowest BCUT2D eigenvalue weighted by atomic mass is 9.85. The predicted octanol–water partition coefficient (Wildman–Crippen LogP) is 4.18. The van der Waals surface area contributed by atoms with Crippen LogP contribution in [0.4, 0.5) is 8.78 Å². The topological polar surface area (TPSA) is 46.3 Å². The molecule has 3 nitrogen and oxygen atoms in total. The van der Waals surface area contributed by atoms with Crippen LogP contribution in [-0.2, 0) is 11.3 Å².